The number of carbonyl (C=O) groups excluding carboxylic acids is 3. The van der Waals surface area contributed by atoms with Gasteiger partial charge in [0, 0.05) is 7.11 Å². The summed E-state index contributed by atoms with van der Waals surface area (Å²) in [5.74, 6) is -3.05. The molecule has 192 valence electrons. The molecule has 9 nitrogen and oxygen atoms in total. The second-order valence-corrected chi connectivity index (χ2v) is 8.35. The van der Waals surface area contributed by atoms with Gasteiger partial charge in [0.2, 0.25) is 0 Å². The van der Waals surface area contributed by atoms with Crippen molar-refractivity contribution in [1.29, 1.82) is 0 Å². The van der Waals surface area contributed by atoms with Gasteiger partial charge in [-0.3, -0.25) is 9.59 Å². The minimum Gasteiger partial charge on any atom is -0.454 e. The average molecular weight is 491 g/mol. The van der Waals surface area contributed by atoms with E-state index in [1.807, 2.05) is 0 Å². The highest BCUT2D eigenvalue weighted by Gasteiger charge is 2.53. The van der Waals surface area contributed by atoms with Gasteiger partial charge in [0.05, 0.1) is 24.0 Å². The Morgan fingerprint density at radius 1 is 0.943 bits per heavy atom. The monoisotopic (exact) mass is 490 g/mol. The Morgan fingerprint density at radius 3 is 1.97 bits per heavy atom. The summed E-state index contributed by atoms with van der Waals surface area (Å²) >= 11 is 0. The van der Waals surface area contributed by atoms with E-state index < -0.39 is 67.1 Å². The summed E-state index contributed by atoms with van der Waals surface area (Å²) in [5, 5.41) is 9.99. The van der Waals surface area contributed by atoms with Crippen molar-refractivity contribution >= 4 is 17.9 Å². The summed E-state index contributed by atoms with van der Waals surface area (Å²) in [4.78, 5) is 38.4. The molecule has 35 heavy (non-hydrogen) atoms. The number of allylic oxidation sites excluding steroid dienone is 2. The molecule has 1 aromatic rings. The van der Waals surface area contributed by atoms with Crippen molar-refractivity contribution in [3.63, 3.8) is 0 Å². The molecule has 1 saturated heterocycles. The van der Waals surface area contributed by atoms with Gasteiger partial charge in [-0.1, -0.05) is 44.2 Å². The lowest BCUT2D eigenvalue weighted by molar-refractivity contribution is -0.301. The first-order valence-electron chi connectivity index (χ1n) is 11.4. The molecule has 1 fully saturated rings. The number of benzene rings is 1. The van der Waals surface area contributed by atoms with Crippen molar-refractivity contribution < 1.29 is 43.2 Å². The van der Waals surface area contributed by atoms with Crippen molar-refractivity contribution in [2.45, 2.75) is 57.4 Å². The number of hydrogen-bond donors (Lipinski definition) is 1. The van der Waals surface area contributed by atoms with E-state index in [4.69, 9.17) is 23.7 Å². The predicted molar refractivity (Wildman–Crippen MR) is 126 cm³/mol. The molecule has 0 aliphatic carbocycles. The Labute approximate surface area is 205 Å². The van der Waals surface area contributed by atoms with Crippen LogP contribution in [0.4, 0.5) is 0 Å². The Morgan fingerprint density at radius 2 is 1.49 bits per heavy atom. The van der Waals surface area contributed by atoms with Gasteiger partial charge < -0.3 is 28.8 Å². The van der Waals surface area contributed by atoms with Crippen molar-refractivity contribution in [1.82, 2.24) is 0 Å². The molecule has 0 bridgehead atoms. The molecular formula is C26H34O9. The molecule has 1 N–H and O–H groups in total. The molecule has 0 unspecified atom stereocenters. The maximum Gasteiger partial charge on any atom is 0.338 e. The van der Waals surface area contributed by atoms with E-state index in [0.717, 1.165) is 0 Å². The van der Waals surface area contributed by atoms with Gasteiger partial charge in [-0.05, 0) is 25.0 Å². The smallest absolute Gasteiger partial charge is 0.338 e. The van der Waals surface area contributed by atoms with Crippen molar-refractivity contribution in [3.8, 4) is 0 Å². The molecular weight excluding hydrogens is 456 g/mol. The summed E-state index contributed by atoms with van der Waals surface area (Å²) in [6.45, 7) is 10.00. The third-order valence-electron chi connectivity index (χ3n) is 5.61. The highest BCUT2D eigenvalue weighted by molar-refractivity contribution is 5.89. The molecule has 9 heteroatoms. The first-order valence-corrected chi connectivity index (χ1v) is 11.4. The van der Waals surface area contributed by atoms with E-state index in [2.05, 4.69) is 13.2 Å². The molecule has 0 radical (unpaired) electrons. The van der Waals surface area contributed by atoms with E-state index >= 15 is 0 Å². The maximum absolute atomic E-state index is 12.9. The summed E-state index contributed by atoms with van der Waals surface area (Å²) < 4.78 is 28.2. The summed E-state index contributed by atoms with van der Waals surface area (Å²) in [5.41, 5.74) is 0.247. The van der Waals surface area contributed by atoms with Gasteiger partial charge >= 0.3 is 17.9 Å². The van der Waals surface area contributed by atoms with Crippen LogP contribution in [0.15, 0.2) is 55.6 Å². The van der Waals surface area contributed by atoms with Crippen LogP contribution in [0.25, 0.3) is 0 Å². The zero-order valence-corrected chi connectivity index (χ0v) is 20.3. The van der Waals surface area contributed by atoms with Crippen molar-refractivity contribution in [2.24, 2.45) is 11.8 Å². The SMILES string of the molecule is C=CC[C@H](C)C(=O)O[C@@H]1[C@H](OC(=O)[C@@H](C)CC=C)[C@@H](OC)O[C@H](CO)[C@H]1OC(=O)c1ccccc1. The fourth-order valence-electron chi connectivity index (χ4n) is 3.58. The topological polar surface area (TPSA) is 118 Å². The van der Waals surface area contributed by atoms with E-state index in [-0.39, 0.29) is 5.56 Å². The first-order chi connectivity index (χ1) is 16.8. The molecule has 0 aromatic heterocycles. The quantitative estimate of drug-likeness (QED) is 0.268. The van der Waals surface area contributed by atoms with E-state index in [0.29, 0.717) is 12.8 Å². The molecule has 2 rings (SSSR count). The Hall–Kier alpha value is -3.01. The molecule has 1 aliphatic rings. The third-order valence-corrected chi connectivity index (χ3v) is 5.61. The number of carbonyl (C=O) groups is 3. The lowest BCUT2D eigenvalue weighted by Gasteiger charge is -2.44. The standard InChI is InChI=1S/C26H34O9/c1-6-11-16(3)23(28)34-21-20(33-25(30)18-13-9-8-10-14-18)19(15-27)32-26(31-5)22(21)35-24(29)17(4)12-7-2/h6-10,13-14,16-17,19-22,26-27H,1-2,11-12,15H2,3-5H3/t16-,17-,19+,20+,21-,22-,26-/m0/s1. The first kappa shape index (κ1) is 28.2. The van der Waals surface area contributed by atoms with Gasteiger partial charge in [0.25, 0.3) is 0 Å². The van der Waals surface area contributed by atoms with Crippen LogP contribution in [0.5, 0.6) is 0 Å². The zero-order valence-electron chi connectivity index (χ0n) is 20.3. The van der Waals surface area contributed by atoms with Crippen LogP contribution in [0.3, 0.4) is 0 Å². The van der Waals surface area contributed by atoms with Gasteiger partial charge in [0.1, 0.15) is 6.10 Å². The number of aliphatic hydroxyl groups excluding tert-OH is 1. The van der Waals surface area contributed by atoms with Gasteiger partial charge in [0.15, 0.2) is 24.6 Å². The molecule has 1 aliphatic heterocycles. The number of ether oxygens (including phenoxy) is 5. The second kappa shape index (κ2) is 13.8. The minimum absolute atomic E-state index is 0.247. The van der Waals surface area contributed by atoms with Crippen molar-refractivity contribution in [3.05, 3.63) is 61.2 Å². The molecule has 0 amide bonds. The van der Waals surface area contributed by atoms with Gasteiger partial charge in [-0.2, -0.15) is 0 Å². The Kier molecular flexibility index (Phi) is 11.1. The minimum atomic E-state index is -1.31. The number of hydrogen-bond acceptors (Lipinski definition) is 9. The average Bonchev–Trinajstić information content (AvgIpc) is 2.86. The fraction of sp³-hybridized carbons (Fsp3) is 0.500. The van der Waals surface area contributed by atoms with Crippen LogP contribution >= 0.6 is 0 Å². The third kappa shape index (κ3) is 7.48. The fourth-order valence-corrected chi connectivity index (χ4v) is 3.58. The number of rotatable bonds is 12. The van der Waals surface area contributed by atoms with Crippen LogP contribution in [-0.2, 0) is 33.3 Å². The van der Waals surface area contributed by atoms with Crippen molar-refractivity contribution in [2.75, 3.05) is 13.7 Å². The second-order valence-electron chi connectivity index (χ2n) is 8.35. The number of methoxy groups -OCH3 is 1. The molecule has 7 atom stereocenters. The number of esters is 3. The van der Waals surface area contributed by atoms with E-state index in [1.54, 1.807) is 56.3 Å². The van der Waals surface area contributed by atoms with E-state index in [1.165, 1.54) is 7.11 Å². The molecule has 1 heterocycles. The lowest BCUT2D eigenvalue weighted by Crippen LogP contribution is -2.63. The predicted octanol–water partition coefficient (Wildman–Crippen LogP) is 2.82. The van der Waals surface area contributed by atoms with Crippen LogP contribution in [0.2, 0.25) is 0 Å². The highest BCUT2D eigenvalue weighted by atomic mass is 16.7. The number of aliphatic hydroxyl groups is 1. The van der Waals surface area contributed by atoms with Gasteiger partial charge in [-0.15, -0.1) is 13.2 Å². The van der Waals surface area contributed by atoms with Crippen LogP contribution < -0.4 is 0 Å². The van der Waals surface area contributed by atoms with Crippen LogP contribution in [0.1, 0.15) is 37.0 Å². The van der Waals surface area contributed by atoms with Crippen LogP contribution in [-0.4, -0.2) is 67.4 Å². The molecule has 0 saturated carbocycles. The lowest BCUT2D eigenvalue weighted by atomic mass is 9.97. The highest BCUT2D eigenvalue weighted by Crippen LogP contribution is 2.31. The molecule has 1 aromatic carbocycles. The summed E-state index contributed by atoms with van der Waals surface area (Å²) in [6, 6.07) is 8.18. The molecule has 0 spiro atoms. The van der Waals surface area contributed by atoms with Gasteiger partial charge in [-0.25, -0.2) is 4.79 Å². The largest absolute Gasteiger partial charge is 0.454 e. The Balaban J connectivity index is 2.43. The maximum atomic E-state index is 12.9. The summed E-state index contributed by atoms with van der Waals surface area (Å²) in [7, 11) is 1.32. The normalized spacial score (nSPS) is 25.5. The van der Waals surface area contributed by atoms with E-state index in [9.17, 15) is 19.5 Å². The zero-order chi connectivity index (χ0) is 26.0. The Bertz CT molecular complexity index is 869. The summed E-state index contributed by atoms with van der Waals surface area (Å²) in [6.07, 6.45) is -2.30. The van der Waals surface area contributed by atoms with Crippen LogP contribution in [0, 0.1) is 11.8 Å².